The first kappa shape index (κ1) is 25.0. The van der Waals surface area contributed by atoms with Crippen LogP contribution in [0.25, 0.3) is 0 Å². The third-order valence-corrected chi connectivity index (χ3v) is 6.27. The fraction of sp³-hybridized carbons (Fsp3) is 0.276. The number of urea groups is 1. The van der Waals surface area contributed by atoms with Crippen LogP contribution in [-0.4, -0.2) is 24.0 Å². The summed E-state index contributed by atoms with van der Waals surface area (Å²) < 4.78 is 5.46. The van der Waals surface area contributed by atoms with Gasteiger partial charge in [0.1, 0.15) is 11.6 Å². The van der Waals surface area contributed by atoms with Crippen LogP contribution in [0.4, 0.5) is 16.3 Å². The van der Waals surface area contributed by atoms with E-state index in [0.29, 0.717) is 17.3 Å². The molecule has 2 unspecified atom stereocenters. The molecule has 7 heteroatoms. The Kier molecular flexibility index (Phi) is 7.10. The Morgan fingerprint density at radius 3 is 2.42 bits per heavy atom. The SMILES string of the molecule is COc1ccc(C(C)(C)C)cc1NC(=O)NC1=C2C=CC=CC2C(c2ccc(NC(C)=O)nc2)C=C1. The zero-order chi connectivity index (χ0) is 25.9. The summed E-state index contributed by atoms with van der Waals surface area (Å²) in [6.45, 7) is 7.83. The lowest BCUT2D eigenvalue weighted by Crippen LogP contribution is -2.31. The second-order valence-electron chi connectivity index (χ2n) is 9.93. The Labute approximate surface area is 212 Å². The van der Waals surface area contributed by atoms with Gasteiger partial charge in [-0.1, -0.05) is 63.3 Å². The molecule has 4 rings (SSSR count). The number of hydrogen-bond donors (Lipinski definition) is 3. The Hall–Kier alpha value is -4.13. The van der Waals surface area contributed by atoms with Crippen LogP contribution in [0.15, 0.2) is 84.3 Å². The zero-order valence-corrected chi connectivity index (χ0v) is 21.3. The van der Waals surface area contributed by atoms with Gasteiger partial charge in [0.05, 0.1) is 12.8 Å². The summed E-state index contributed by atoms with van der Waals surface area (Å²) in [5.41, 5.74) is 4.43. The van der Waals surface area contributed by atoms with Crippen molar-refractivity contribution in [3.63, 3.8) is 0 Å². The minimum Gasteiger partial charge on any atom is -0.495 e. The molecule has 2 aliphatic carbocycles. The van der Waals surface area contributed by atoms with Crippen molar-refractivity contribution in [2.75, 3.05) is 17.7 Å². The maximum atomic E-state index is 13.0. The summed E-state index contributed by atoms with van der Waals surface area (Å²) >= 11 is 0. The number of hydrogen-bond acceptors (Lipinski definition) is 4. The predicted octanol–water partition coefficient (Wildman–Crippen LogP) is 5.82. The van der Waals surface area contributed by atoms with Crippen LogP contribution in [0.5, 0.6) is 5.75 Å². The van der Waals surface area contributed by atoms with E-state index in [4.69, 9.17) is 4.74 Å². The lowest BCUT2D eigenvalue weighted by molar-refractivity contribution is -0.114. The lowest BCUT2D eigenvalue weighted by Gasteiger charge is -2.30. The molecule has 3 amide bonds. The molecule has 2 aromatic rings. The molecule has 7 nitrogen and oxygen atoms in total. The molecule has 0 saturated carbocycles. The summed E-state index contributed by atoms with van der Waals surface area (Å²) in [6.07, 6.45) is 13.9. The summed E-state index contributed by atoms with van der Waals surface area (Å²) in [5, 5.41) is 8.66. The number of methoxy groups -OCH3 is 1. The van der Waals surface area contributed by atoms with Crippen molar-refractivity contribution in [3.05, 3.63) is 95.4 Å². The molecule has 36 heavy (non-hydrogen) atoms. The number of allylic oxidation sites excluding steroid dienone is 7. The highest BCUT2D eigenvalue weighted by Gasteiger charge is 2.29. The van der Waals surface area contributed by atoms with Crippen LogP contribution in [0.3, 0.4) is 0 Å². The maximum absolute atomic E-state index is 13.0. The normalized spacial score (nSPS) is 18.5. The van der Waals surface area contributed by atoms with E-state index in [1.165, 1.54) is 6.92 Å². The number of rotatable bonds is 5. The van der Waals surface area contributed by atoms with Gasteiger partial charge in [-0.3, -0.25) is 4.79 Å². The molecular weight excluding hydrogens is 452 g/mol. The van der Waals surface area contributed by atoms with Crippen molar-refractivity contribution in [1.29, 1.82) is 0 Å². The van der Waals surface area contributed by atoms with Crippen LogP contribution in [0, 0.1) is 5.92 Å². The fourth-order valence-corrected chi connectivity index (χ4v) is 4.39. The Balaban J connectivity index is 1.54. The van der Waals surface area contributed by atoms with E-state index in [1.807, 2.05) is 48.6 Å². The van der Waals surface area contributed by atoms with Gasteiger partial charge in [0, 0.05) is 30.7 Å². The van der Waals surface area contributed by atoms with Crippen molar-refractivity contribution in [3.8, 4) is 5.75 Å². The number of carbonyl (C=O) groups excluding carboxylic acids is 2. The number of nitrogens with one attached hydrogen (secondary N) is 3. The average molecular weight is 485 g/mol. The Bertz CT molecular complexity index is 1280. The molecule has 0 aliphatic heterocycles. The molecule has 0 spiro atoms. The van der Waals surface area contributed by atoms with Gasteiger partial charge in [-0.25, -0.2) is 9.78 Å². The van der Waals surface area contributed by atoms with Gasteiger partial charge in [0.15, 0.2) is 0 Å². The molecule has 1 aromatic carbocycles. The average Bonchev–Trinajstić information content (AvgIpc) is 2.84. The number of benzene rings is 1. The quantitative estimate of drug-likeness (QED) is 0.499. The van der Waals surface area contributed by atoms with E-state index in [0.717, 1.165) is 22.4 Å². The molecule has 186 valence electrons. The standard InChI is InChI=1S/C29H32N4O3/c1-18(34)31-27-15-10-19(17-30-27)21-12-13-24(23-9-7-6-8-22(21)23)32-28(35)33-25-16-20(29(2,3)4)11-14-26(25)36-5/h6-17,21-22H,1-5H3,(H,30,31,34)(H2,32,33,35). The minimum atomic E-state index is -0.340. The first-order valence-corrected chi connectivity index (χ1v) is 11.9. The molecular formula is C29H32N4O3. The monoisotopic (exact) mass is 484 g/mol. The number of fused-ring (bicyclic) bond motifs is 1. The summed E-state index contributed by atoms with van der Waals surface area (Å²) in [7, 11) is 1.59. The summed E-state index contributed by atoms with van der Waals surface area (Å²) in [6, 6.07) is 9.27. The van der Waals surface area contributed by atoms with E-state index >= 15 is 0 Å². The molecule has 1 heterocycles. The van der Waals surface area contributed by atoms with Gasteiger partial charge in [-0.15, -0.1) is 0 Å². The second-order valence-corrected chi connectivity index (χ2v) is 9.93. The maximum Gasteiger partial charge on any atom is 0.323 e. The van der Waals surface area contributed by atoms with Crippen molar-refractivity contribution >= 4 is 23.4 Å². The first-order chi connectivity index (χ1) is 17.2. The van der Waals surface area contributed by atoms with Crippen molar-refractivity contribution < 1.29 is 14.3 Å². The van der Waals surface area contributed by atoms with Gasteiger partial charge >= 0.3 is 6.03 Å². The summed E-state index contributed by atoms with van der Waals surface area (Å²) in [5.74, 6) is 1.06. The Morgan fingerprint density at radius 1 is 0.944 bits per heavy atom. The molecule has 0 bridgehead atoms. The topological polar surface area (TPSA) is 92.4 Å². The van der Waals surface area contributed by atoms with Gasteiger partial charge in [-0.05, 0) is 46.4 Å². The van der Waals surface area contributed by atoms with Gasteiger partial charge in [-0.2, -0.15) is 0 Å². The van der Waals surface area contributed by atoms with E-state index in [-0.39, 0.29) is 29.2 Å². The number of aromatic nitrogens is 1. The molecule has 2 atom stereocenters. The molecule has 0 saturated heterocycles. The van der Waals surface area contributed by atoms with Crippen molar-refractivity contribution in [2.24, 2.45) is 5.92 Å². The molecule has 1 aromatic heterocycles. The highest BCUT2D eigenvalue weighted by atomic mass is 16.5. The zero-order valence-electron chi connectivity index (χ0n) is 21.3. The van der Waals surface area contributed by atoms with Crippen LogP contribution >= 0.6 is 0 Å². The van der Waals surface area contributed by atoms with Crippen LogP contribution in [-0.2, 0) is 10.2 Å². The molecule has 0 fully saturated rings. The third-order valence-electron chi connectivity index (χ3n) is 6.27. The Morgan fingerprint density at radius 2 is 1.75 bits per heavy atom. The van der Waals surface area contributed by atoms with E-state index in [1.54, 1.807) is 19.4 Å². The molecule has 3 N–H and O–H groups in total. The fourth-order valence-electron chi connectivity index (χ4n) is 4.39. The van der Waals surface area contributed by atoms with E-state index < -0.39 is 0 Å². The highest BCUT2D eigenvalue weighted by molar-refractivity contribution is 5.92. The second kappa shape index (κ2) is 10.2. The lowest BCUT2D eigenvalue weighted by atomic mass is 9.76. The van der Waals surface area contributed by atoms with E-state index in [2.05, 4.69) is 53.9 Å². The molecule has 0 radical (unpaired) electrons. The number of pyridine rings is 1. The first-order valence-electron chi connectivity index (χ1n) is 11.9. The van der Waals surface area contributed by atoms with Gasteiger partial charge in [0.2, 0.25) is 5.91 Å². The van der Waals surface area contributed by atoms with Crippen LogP contribution in [0.2, 0.25) is 0 Å². The predicted molar refractivity (Wildman–Crippen MR) is 143 cm³/mol. The number of anilines is 2. The van der Waals surface area contributed by atoms with Gasteiger partial charge < -0.3 is 20.7 Å². The highest BCUT2D eigenvalue weighted by Crippen LogP contribution is 2.39. The smallest absolute Gasteiger partial charge is 0.323 e. The number of amides is 3. The largest absolute Gasteiger partial charge is 0.495 e. The molecule has 2 aliphatic rings. The van der Waals surface area contributed by atoms with Crippen LogP contribution in [0.1, 0.15) is 44.7 Å². The third kappa shape index (κ3) is 5.57. The minimum absolute atomic E-state index is 0.0440. The number of nitrogens with zero attached hydrogens (tertiary/aromatic N) is 1. The van der Waals surface area contributed by atoms with Crippen molar-refractivity contribution in [1.82, 2.24) is 10.3 Å². The number of ether oxygens (including phenoxy) is 1. The van der Waals surface area contributed by atoms with E-state index in [9.17, 15) is 9.59 Å². The summed E-state index contributed by atoms with van der Waals surface area (Å²) in [4.78, 5) is 28.7. The van der Waals surface area contributed by atoms with Crippen LogP contribution < -0.4 is 20.7 Å². The number of carbonyl (C=O) groups is 2. The van der Waals surface area contributed by atoms with Gasteiger partial charge in [0.25, 0.3) is 0 Å². The van der Waals surface area contributed by atoms with Crippen molar-refractivity contribution in [2.45, 2.75) is 39.0 Å².